The molecular weight excluding hydrogens is 278 g/mol. The number of hydrogen-bond acceptors (Lipinski definition) is 3. The highest BCUT2D eigenvalue weighted by Crippen LogP contribution is 2.49. The number of benzene rings is 1. The van der Waals surface area contributed by atoms with Crippen LogP contribution < -0.4 is 14.8 Å². The van der Waals surface area contributed by atoms with E-state index in [1.807, 2.05) is 6.07 Å². The molecule has 0 saturated heterocycles. The van der Waals surface area contributed by atoms with E-state index in [-0.39, 0.29) is 17.2 Å². The number of carbonyl (C=O) groups is 1. The van der Waals surface area contributed by atoms with E-state index in [1.54, 1.807) is 0 Å². The zero-order valence-electron chi connectivity index (χ0n) is 13.5. The van der Waals surface area contributed by atoms with Gasteiger partial charge in [0.2, 0.25) is 5.91 Å². The summed E-state index contributed by atoms with van der Waals surface area (Å²) in [6.07, 6.45) is 4.05. The van der Waals surface area contributed by atoms with Crippen LogP contribution in [0, 0.1) is 5.92 Å². The minimum Gasteiger partial charge on any atom is -0.486 e. The minimum atomic E-state index is 0.0948. The van der Waals surface area contributed by atoms with Crippen LogP contribution in [0.4, 0.5) is 0 Å². The Hall–Kier alpha value is -1.71. The standard InChI is InChI=1S/C18H25NO3/c1-3-13(4-2)17(20)19-12-18(7-8-18)14-5-6-15-16(11-14)22-10-9-21-15/h5-6,11,13H,3-4,7-10,12H2,1-2H3,(H,19,20). The molecule has 0 atom stereocenters. The summed E-state index contributed by atoms with van der Waals surface area (Å²) >= 11 is 0. The normalized spacial score (nSPS) is 18.1. The van der Waals surface area contributed by atoms with Gasteiger partial charge in [-0.05, 0) is 43.4 Å². The third kappa shape index (κ3) is 2.92. The molecule has 1 aliphatic heterocycles. The molecule has 22 heavy (non-hydrogen) atoms. The zero-order valence-corrected chi connectivity index (χ0v) is 13.5. The molecule has 3 rings (SSSR count). The van der Waals surface area contributed by atoms with Gasteiger partial charge in [0.1, 0.15) is 13.2 Å². The molecule has 1 aliphatic carbocycles. The Morgan fingerprint density at radius 3 is 2.50 bits per heavy atom. The van der Waals surface area contributed by atoms with E-state index < -0.39 is 0 Å². The highest BCUT2D eigenvalue weighted by atomic mass is 16.6. The van der Waals surface area contributed by atoms with Crippen LogP contribution in [0.15, 0.2) is 18.2 Å². The third-order valence-corrected chi connectivity index (χ3v) is 4.97. The van der Waals surface area contributed by atoms with Crippen molar-refractivity contribution in [2.75, 3.05) is 19.8 Å². The quantitative estimate of drug-likeness (QED) is 0.878. The lowest BCUT2D eigenvalue weighted by Gasteiger charge is -2.23. The summed E-state index contributed by atoms with van der Waals surface area (Å²) in [4.78, 5) is 12.2. The largest absolute Gasteiger partial charge is 0.486 e. The SMILES string of the molecule is CCC(CC)C(=O)NCC1(c2ccc3c(c2)OCCO3)CC1. The van der Waals surface area contributed by atoms with Crippen LogP contribution in [0.25, 0.3) is 0 Å². The first-order valence-corrected chi connectivity index (χ1v) is 8.36. The average molecular weight is 303 g/mol. The van der Waals surface area contributed by atoms with Gasteiger partial charge in [0.25, 0.3) is 0 Å². The molecule has 0 spiro atoms. The summed E-state index contributed by atoms with van der Waals surface area (Å²) in [6, 6.07) is 6.20. The van der Waals surface area contributed by atoms with Crippen molar-refractivity contribution < 1.29 is 14.3 Å². The fraction of sp³-hybridized carbons (Fsp3) is 0.611. The van der Waals surface area contributed by atoms with Crippen LogP contribution in [-0.4, -0.2) is 25.7 Å². The summed E-state index contributed by atoms with van der Waals surface area (Å²) in [5.74, 6) is 1.98. The lowest BCUT2D eigenvalue weighted by molar-refractivity contribution is -0.125. The van der Waals surface area contributed by atoms with Crippen molar-refractivity contribution in [3.05, 3.63) is 23.8 Å². The van der Waals surface area contributed by atoms with Crippen molar-refractivity contribution in [1.29, 1.82) is 0 Å². The maximum atomic E-state index is 12.2. The van der Waals surface area contributed by atoms with Crippen LogP contribution in [0.2, 0.25) is 0 Å². The van der Waals surface area contributed by atoms with E-state index in [9.17, 15) is 4.79 Å². The Morgan fingerprint density at radius 2 is 1.86 bits per heavy atom. The second-order valence-electron chi connectivity index (χ2n) is 6.37. The molecular formula is C18H25NO3. The molecule has 2 aliphatic rings. The van der Waals surface area contributed by atoms with Crippen molar-refractivity contribution in [2.45, 2.75) is 44.9 Å². The molecule has 1 aromatic carbocycles. The van der Waals surface area contributed by atoms with Crippen molar-refractivity contribution in [3.8, 4) is 11.5 Å². The number of fused-ring (bicyclic) bond motifs is 1. The Bertz CT molecular complexity index is 547. The minimum absolute atomic E-state index is 0.0948. The summed E-state index contributed by atoms with van der Waals surface area (Å²) in [6.45, 7) is 6.09. The molecule has 4 heteroatoms. The summed E-state index contributed by atoms with van der Waals surface area (Å²) in [5, 5.41) is 3.15. The van der Waals surface area contributed by atoms with E-state index in [4.69, 9.17) is 9.47 Å². The highest BCUT2D eigenvalue weighted by Gasteiger charge is 2.45. The number of amides is 1. The lowest BCUT2D eigenvalue weighted by Crippen LogP contribution is -2.36. The second kappa shape index (κ2) is 6.19. The van der Waals surface area contributed by atoms with E-state index in [0.717, 1.165) is 43.7 Å². The first-order valence-electron chi connectivity index (χ1n) is 8.36. The molecule has 1 amide bonds. The smallest absolute Gasteiger partial charge is 0.223 e. The van der Waals surface area contributed by atoms with Gasteiger partial charge >= 0.3 is 0 Å². The predicted molar refractivity (Wildman–Crippen MR) is 85.4 cm³/mol. The molecule has 0 aromatic heterocycles. The molecule has 1 heterocycles. The Kier molecular flexibility index (Phi) is 4.27. The second-order valence-corrected chi connectivity index (χ2v) is 6.37. The van der Waals surface area contributed by atoms with Gasteiger partial charge in [0.15, 0.2) is 11.5 Å². The maximum Gasteiger partial charge on any atom is 0.223 e. The molecule has 1 N–H and O–H groups in total. The Labute approximate surface area is 132 Å². The van der Waals surface area contributed by atoms with E-state index in [0.29, 0.717) is 13.2 Å². The summed E-state index contributed by atoms with van der Waals surface area (Å²) in [7, 11) is 0. The van der Waals surface area contributed by atoms with Crippen LogP contribution in [0.1, 0.15) is 45.1 Å². The van der Waals surface area contributed by atoms with Gasteiger partial charge in [-0.25, -0.2) is 0 Å². The van der Waals surface area contributed by atoms with E-state index in [1.165, 1.54) is 5.56 Å². The van der Waals surface area contributed by atoms with Gasteiger partial charge in [-0.2, -0.15) is 0 Å². The molecule has 4 nitrogen and oxygen atoms in total. The fourth-order valence-electron chi connectivity index (χ4n) is 3.15. The van der Waals surface area contributed by atoms with Crippen LogP contribution >= 0.6 is 0 Å². The first-order chi connectivity index (χ1) is 10.7. The summed E-state index contributed by atoms with van der Waals surface area (Å²) < 4.78 is 11.2. The maximum absolute atomic E-state index is 12.2. The van der Waals surface area contributed by atoms with Gasteiger partial charge in [-0.15, -0.1) is 0 Å². The molecule has 0 bridgehead atoms. The topological polar surface area (TPSA) is 47.6 Å². The van der Waals surface area contributed by atoms with Gasteiger partial charge in [-0.1, -0.05) is 19.9 Å². The molecule has 0 radical (unpaired) electrons. The molecule has 0 unspecified atom stereocenters. The fourth-order valence-corrected chi connectivity index (χ4v) is 3.15. The molecule has 1 saturated carbocycles. The molecule has 1 fully saturated rings. The van der Waals surface area contributed by atoms with Crippen LogP contribution in [0.5, 0.6) is 11.5 Å². The zero-order chi connectivity index (χ0) is 15.6. The van der Waals surface area contributed by atoms with E-state index >= 15 is 0 Å². The number of nitrogens with one attached hydrogen (secondary N) is 1. The van der Waals surface area contributed by atoms with Crippen molar-refractivity contribution in [1.82, 2.24) is 5.32 Å². The number of hydrogen-bond donors (Lipinski definition) is 1. The van der Waals surface area contributed by atoms with Gasteiger partial charge in [-0.3, -0.25) is 4.79 Å². The van der Waals surface area contributed by atoms with Crippen LogP contribution in [0.3, 0.4) is 0 Å². The van der Waals surface area contributed by atoms with Gasteiger partial charge < -0.3 is 14.8 Å². The first kappa shape index (κ1) is 15.2. The van der Waals surface area contributed by atoms with Crippen molar-refractivity contribution >= 4 is 5.91 Å². The third-order valence-electron chi connectivity index (χ3n) is 4.97. The number of carbonyl (C=O) groups excluding carboxylic acids is 1. The molecule has 120 valence electrons. The van der Waals surface area contributed by atoms with Crippen LogP contribution in [-0.2, 0) is 10.2 Å². The average Bonchev–Trinajstić information content (AvgIpc) is 3.35. The van der Waals surface area contributed by atoms with Crippen molar-refractivity contribution in [2.24, 2.45) is 5.92 Å². The number of ether oxygens (including phenoxy) is 2. The number of rotatable bonds is 6. The predicted octanol–water partition coefficient (Wildman–Crippen LogP) is 3.04. The Balaban J connectivity index is 1.67. The van der Waals surface area contributed by atoms with E-state index in [2.05, 4.69) is 31.3 Å². The highest BCUT2D eigenvalue weighted by molar-refractivity contribution is 5.78. The monoisotopic (exact) mass is 303 g/mol. The van der Waals surface area contributed by atoms with Gasteiger partial charge in [0, 0.05) is 17.9 Å². The molecule has 1 aromatic rings. The lowest BCUT2D eigenvalue weighted by atomic mass is 9.94. The van der Waals surface area contributed by atoms with Crippen molar-refractivity contribution in [3.63, 3.8) is 0 Å². The summed E-state index contributed by atoms with van der Waals surface area (Å²) in [5.41, 5.74) is 1.35. The Morgan fingerprint density at radius 1 is 1.18 bits per heavy atom. The van der Waals surface area contributed by atoms with Gasteiger partial charge in [0.05, 0.1) is 0 Å².